The average molecular weight is 432 g/mol. The summed E-state index contributed by atoms with van der Waals surface area (Å²) >= 11 is 22.5. The SMILES string of the molecule is C[C@@H]1N=C(c2c(Cl)cccc2Cl)c2c(ccc(Cl)c2Br)N=C1N. The van der Waals surface area contributed by atoms with Crippen molar-refractivity contribution in [3.63, 3.8) is 0 Å². The number of nitrogens with zero attached hydrogens (tertiary/aromatic N) is 2. The summed E-state index contributed by atoms with van der Waals surface area (Å²) in [6.07, 6.45) is 0. The van der Waals surface area contributed by atoms with Crippen molar-refractivity contribution in [1.29, 1.82) is 0 Å². The zero-order chi connectivity index (χ0) is 16.7. The molecule has 2 N–H and O–H groups in total. The van der Waals surface area contributed by atoms with E-state index in [0.717, 1.165) is 5.56 Å². The molecule has 0 saturated heterocycles. The van der Waals surface area contributed by atoms with Crippen LogP contribution in [0, 0.1) is 0 Å². The van der Waals surface area contributed by atoms with Crippen LogP contribution in [0.3, 0.4) is 0 Å². The average Bonchev–Trinajstić information content (AvgIpc) is 2.61. The van der Waals surface area contributed by atoms with Crippen molar-refractivity contribution in [3.8, 4) is 0 Å². The summed E-state index contributed by atoms with van der Waals surface area (Å²) in [7, 11) is 0. The minimum atomic E-state index is -0.310. The van der Waals surface area contributed by atoms with Gasteiger partial charge in [-0.2, -0.15) is 0 Å². The third-order valence-electron chi connectivity index (χ3n) is 3.51. The third kappa shape index (κ3) is 3.01. The number of fused-ring (bicyclic) bond motifs is 1. The first-order valence-corrected chi connectivity index (χ1v) is 8.67. The molecule has 0 aliphatic carbocycles. The molecule has 0 radical (unpaired) electrons. The van der Waals surface area contributed by atoms with Crippen LogP contribution in [0.25, 0.3) is 0 Å². The smallest absolute Gasteiger partial charge is 0.124 e. The fourth-order valence-electron chi connectivity index (χ4n) is 2.33. The molecule has 0 unspecified atom stereocenters. The van der Waals surface area contributed by atoms with E-state index in [-0.39, 0.29) is 6.04 Å². The van der Waals surface area contributed by atoms with Crippen molar-refractivity contribution in [1.82, 2.24) is 0 Å². The van der Waals surface area contributed by atoms with E-state index in [2.05, 4.69) is 20.9 Å². The van der Waals surface area contributed by atoms with Gasteiger partial charge >= 0.3 is 0 Å². The van der Waals surface area contributed by atoms with Crippen LogP contribution >= 0.6 is 50.7 Å². The molecule has 23 heavy (non-hydrogen) atoms. The van der Waals surface area contributed by atoms with E-state index in [4.69, 9.17) is 45.5 Å². The normalized spacial score (nSPS) is 17.2. The number of hydrogen-bond acceptors (Lipinski definition) is 3. The van der Waals surface area contributed by atoms with Gasteiger partial charge in [0.1, 0.15) is 11.9 Å². The molecular formula is C16H11BrCl3N3. The number of rotatable bonds is 1. The second-order valence-corrected chi connectivity index (χ2v) is 7.06. The van der Waals surface area contributed by atoms with Gasteiger partial charge in [-0.05, 0) is 47.1 Å². The zero-order valence-electron chi connectivity index (χ0n) is 11.9. The molecule has 2 aromatic carbocycles. The minimum Gasteiger partial charge on any atom is -0.385 e. The molecule has 0 bridgehead atoms. The van der Waals surface area contributed by atoms with Crippen LogP contribution in [0.4, 0.5) is 5.69 Å². The number of nitrogens with two attached hydrogens (primary N) is 1. The Labute approximate surface area is 157 Å². The van der Waals surface area contributed by atoms with Gasteiger partial charge in [0, 0.05) is 15.6 Å². The van der Waals surface area contributed by atoms with Crippen LogP contribution in [0.1, 0.15) is 18.1 Å². The van der Waals surface area contributed by atoms with Gasteiger partial charge in [0.25, 0.3) is 0 Å². The quantitative estimate of drug-likeness (QED) is 0.624. The molecule has 0 saturated carbocycles. The van der Waals surface area contributed by atoms with Crippen molar-refractivity contribution >= 4 is 68.0 Å². The van der Waals surface area contributed by atoms with Gasteiger partial charge in [-0.1, -0.05) is 40.9 Å². The lowest BCUT2D eigenvalue weighted by molar-refractivity contribution is 0.965. The summed E-state index contributed by atoms with van der Waals surface area (Å²) in [5.41, 5.74) is 8.66. The lowest BCUT2D eigenvalue weighted by Crippen LogP contribution is -2.24. The topological polar surface area (TPSA) is 50.7 Å². The van der Waals surface area contributed by atoms with E-state index in [0.29, 0.717) is 42.3 Å². The molecule has 3 rings (SSSR count). The summed E-state index contributed by atoms with van der Waals surface area (Å²) in [4.78, 5) is 9.16. The molecule has 2 aromatic rings. The number of hydrogen-bond donors (Lipinski definition) is 1. The first kappa shape index (κ1) is 16.8. The summed E-state index contributed by atoms with van der Waals surface area (Å²) in [6, 6.07) is 8.56. The van der Waals surface area contributed by atoms with Gasteiger partial charge in [0.05, 0.1) is 26.5 Å². The molecule has 0 spiro atoms. The Morgan fingerprint density at radius 2 is 1.65 bits per heavy atom. The molecule has 1 atom stereocenters. The first-order chi connectivity index (χ1) is 10.9. The van der Waals surface area contributed by atoms with Gasteiger partial charge in [0.2, 0.25) is 0 Å². The van der Waals surface area contributed by atoms with Gasteiger partial charge in [0.15, 0.2) is 0 Å². The number of aliphatic imine (C=N–C) groups is 2. The molecule has 1 heterocycles. The molecule has 0 fully saturated rings. The maximum Gasteiger partial charge on any atom is 0.124 e. The summed E-state index contributed by atoms with van der Waals surface area (Å²) in [5.74, 6) is 0.415. The van der Waals surface area contributed by atoms with Crippen molar-refractivity contribution in [2.75, 3.05) is 0 Å². The fraction of sp³-hybridized carbons (Fsp3) is 0.125. The zero-order valence-corrected chi connectivity index (χ0v) is 15.8. The Balaban J connectivity index is 2.39. The van der Waals surface area contributed by atoms with Crippen molar-refractivity contribution in [3.05, 3.63) is 61.0 Å². The third-order valence-corrected chi connectivity index (χ3v) is 5.51. The van der Waals surface area contributed by atoms with Crippen LogP contribution in [0.15, 0.2) is 44.8 Å². The lowest BCUT2D eigenvalue weighted by Gasteiger charge is -2.15. The van der Waals surface area contributed by atoms with Gasteiger partial charge < -0.3 is 5.73 Å². The Kier molecular flexibility index (Phi) is 4.70. The molecule has 118 valence electrons. The maximum atomic E-state index is 6.38. The Hall–Kier alpha value is -1.07. The molecule has 1 aliphatic rings. The first-order valence-electron chi connectivity index (χ1n) is 6.74. The number of halogens is 4. The lowest BCUT2D eigenvalue weighted by atomic mass is 10.00. The van der Waals surface area contributed by atoms with Crippen molar-refractivity contribution in [2.24, 2.45) is 15.7 Å². The summed E-state index contributed by atoms with van der Waals surface area (Å²) in [6.45, 7) is 1.87. The van der Waals surface area contributed by atoms with Gasteiger partial charge in [-0.3, -0.25) is 4.99 Å². The van der Waals surface area contributed by atoms with Crippen molar-refractivity contribution in [2.45, 2.75) is 13.0 Å². The van der Waals surface area contributed by atoms with Crippen LogP contribution in [0.2, 0.25) is 15.1 Å². The predicted octanol–water partition coefficient (Wildman–Crippen LogP) is 5.64. The van der Waals surface area contributed by atoms with Crippen LogP contribution < -0.4 is 5.73 Å². The van der Waals surface area contributed by atoms with Gasteiger partial charge in [-0.15, -0.1) is 0 Å². The van der Waals surface area contributed by atoms with E-state index in [1.165, 1.54) is 0 Å². The van der Waals surface area contributed by atoms with Crippen LogP contribution in [0.5, 0.6) is 0 Å². The molecule has 0 amide bonds. The molecule has 7 heteroatoms. The number of benzene rings is 2. The summed E-state index contributed by atoms with van der Waals surface area (Å²) < 4.78 is 0.678. The highest BCUT2D eigenvalue weighted by Crippen LogP contribution is 2.39. The Bertz CT molecular complexity index is 842. The predicted molar refractivity (Wildman–Crippen MR) is 102 cm³/mol. The van der Waals surface area contributed by atoms with Crippen molar-refractivity contribution < 1.29 is 0 Å². The standard InChI is InChI=1S/C16H11BrCl3N3/c1-7-16(21)23-11-6-5-10(20)14(17)13(11)15(22-7)12-8(18)3-2-4-9(12)19/h2-7H,1H3,(H2,21,23)/t7-/m0/s1. The highest BCUT2D eigenvalue weighted by Gasteiger charge is 2.25. The molecule has 3 nitrogen and oxygen atoms in total. The summed E-state index contributed by atoms with van der Waals surface area (Å²) in [5, 5.41) is 1.55. The highest BCUT2D eigenvalue weighted by molar-refractivity contribution is 9.10. The largest absolute Gasteiger partial charge is 0.385 e. The highest BCUT2D eigenvalue weighted by atomic mass is 79.9. The van der Waals surface area contributed by atoms with Crippen LogP contribution in [-0.2, 0) is 0 Å². The Morgan fingerprint density at radius 1 is 1.00 bits per heavy atom. The van der Waals surface area contributed by atoms with E-state index in [1.807, 2.05) is 6.92 Å². The van der Waals surface area contributed by atoms with E-state index in [9.17, 15) is 0 Å². The van der Waals surface area contributed by atoms with E-state index in [1.54, 1.807) is 30.3 Å². The second kappa shape index (κ2) is 6.44. The fourth-order valence-corrected chi connectivity index (χ4v) is 3.59. The van der Waals surface area contributed by atoms with E-state index >= 15 is 0 Å². The minimum absolute atomic E-state index is 0.310. The van der Waals surface area contributed by atoms with E-state index < -0.39 is 0 Å². The van der Waals surface area contributed by atoms with Gasteiger partial charge in [-0.25, -0.2) is 4.99 Å². The molecule has 0 aromatic heterocycles. The van der Waals surface area contributed by atoms with Crippen LogP contribution in [-0.4, -0.2) is 17.6 Å². The maximum absolute atomic E-state index is 6.38. The second-order valence-electron chi connectivity index (χ2n) is 5.04. The Morgan fingerprint density at radius 3 is 2.30 bits per heavy atom. The monoisotopic (exact) mass is 429 g/mol. The molecular weight excluding hydrogens is 420 g/mol. The number of amidine groups is 1. The molecule has 1 aliphatic heterocycles.